The van der Waals surface area contributed by atoms with Crippen molar-refractivity contribution in [1.82, 2.24) is 15.4 Å². The summed E-state index contributed by atoms with van der Waals surface area (Å²) in [6.45, 7) is 7.89. The Morgan fingerprint density at radius 2 is 2.04 bits per heavy atom. The molecule has 1 unspecified atom stereocenters. The standard InChI is InChI=1S/C18H31N5O2S/c1-4-19-18(20-11-5-12-21-26(3,24)25)22-16-10-13-23(14-16)17-8-6-15(2)7-9-17/h6-9,16,21H,4-5,10-14H2,1-3H3,(H2,19,20,22). The van der Waals surface area contributed by atoms with Gasteiger partial charge in [0.15, 0.2) is 5.96 Å². The predicted molar refractivity (Wildman–Crippen MR) is 108 cm³/mol. The minimum absolute atomic E-state index is 0.350. The minimum Gasteiger partial charge on any atom is -0.369 e. The van der Waals surface area contributed by atoms with Gasteiger partial charge in [-0.1, -0.05) is 17.7 Å². The zero-order valence-electron chi connectivity index (χ0n) is 16.0. The molecule has 1 aromatic carbocycles. The normalized spacial score (nSPS) is 18.2. The lowest BCUT2D eigenvalue weighted by atomic mass is 10.2. The van der Waals surface area contributed by atoms with E-state index < -0.39 is 10.0 Å². The molecule has 0 aromatic heterocycles. The molecule has 26 heavy (non-hydrogen) atoms. The molecule has 0 saturated carbocycles. The quantitative estimate of drug-likeness (QED) is 0.356. The van der Waals surface area contributed by atoms with E-state index in [1.54, 1.807) is 0 Å². The van der Waals surface area contributed by atoms with Gasteiger partial charge < -0.3 is 15.5 Å². The molecular weight excluding hydrogens is 350 g/mol. The van der Waals surface area contributed by atoms with Crippen LogP contribution >= 0.6 is 0 Å². The zero-order chi connectivity index (χ0) is 19.0. The largest absolute Gasteiger partial charge is 0.369 e. The van der Waals surface area contributed by atoms with Gasteiger partial charge in [-0.3, -0.25) is 4.99 Å². The van der Waals surface area contributed by atoms with E-state index in [1.165, 1.54) is 17.5 Å². The van der Waals surface area contributed by atoms with Crippen LogP contribution in [0, 0.1) is 6.92 Å². The van der Waals surface area contributed by atoms with Crippen molar-refractivity contribution in [2.45, 2.75) is 32.7 Å². The third kappa shape index (κ3) is 7.21. The number of benzene rings is 1. The molecule has 1 aliphatic heterocycles. The van der Waals surface area contributed by atoms with E-state index in [9.17, 15) is 8.42 Å². The van der Waals surface area contributed by atoms with E-state index in [4.69, 9.17) is 0 Å². The Balaban J connectivity index is 1.81. The summed E-state index contributed by atoms with van der Waals surface area (Å²) in [7, 11) is -3.12. The van der Waals surface area contributed by atoms with E-state index in [2.05, 4.69) is 56.4 Å². The first-order valence-corrected chi connectivity index (χ1v) is 11.1. The molecular formula is C18H31N5O2S. The van der Waals surface area contributed by atoms with Crippen LogP contribution in [0.25, 0.3) is 0 Å². The number of hydrogen-bond donors (Lipinski definition) is 3. The highest BCUT2D eigenvalue weighted by atomic mass is 32.2. The lowest BCUT2D eigenvalue weighted by molar-refractivity contribution is 0.585. The van der Waals surface area contributed by atoms with Crippen molar-refractivity contribution < 1.29 is 8.42 Å². The van der Waals surface area contributed by atoms with Gasteiger partial charge in [-0.25, -0.2) is 13.1 Å². The number of aliphatic imine (C=N–C) groups is 1. The van der Waals surface area contributed by atoms with Crippen LogP contribution in [0.4, 0.5) is 5.69 Å². The first kappa shape index (κ1) is 20.5. The molecule has 2 rings (SSSR count). The summed E-state index contributed by atoms with van der Waals surface area (Å²) in [6.07, 6.45) is 2.90. The second kappa shape index (κ2) is 9.78. The highest BCUT2D eigenvalue weighted by Crippen LogP contribution is 2.20. The average molecular weight is 382 g/mol. The Morgan fingerprint density at radius 3 is 2.69 bits per heavy atom. The van der Waals surface area contributed by atoms with E-state index in [0.717, 1.165) is 32.0 Å². The monoisotopic (exact) mass is 381 g/mol. The van der Waals surface area contributed by atoms with Crippen LogP contribution in [-0.2, 0) is 10.0 Å². The van der Waals surface area contributed by atoms with E-state index >= 15 is 0 Å². The molecule has 0 amide bonds. The predicted octanol–water partition coefficient (Wildman–Crippen LogP) is 1.07. The number of aryl methyl sites for hydroxylation is 1. The van der Waals surface area contributed by atoms with Crippen molar-refractivity contribution in [1.29, 1.82) is 0 Å². The summed E-state index contributed by atoms with van der Waals surface area (Å²) in [5.74, 6) is 0.794. The Bertz CT molecular complexity index is 688. The van der Waals surface area contributed by atoms with Crippen LogP contribution in [0.3, 0.4) is 0 Å². The second-order valence-corrected chi connectivity index (χ2v) is 8.53. The molecule has 0 aliphatic carbocycles. The maximum atomic E-state index is 11.1. The Hall–Kier alpha value is -1.80. The Labute approximate surface area is 157 Å². The number of anilines is 1. The molecule has 1 fully saturated rings. The summed E-state index contributed by atoms with van der Waals surface area (Å²) in [5.41, 5.74) is 2.53. The maximum Gasteiger partial charge on any atom is 0.208 e. The molecule has 1 heterocycles. The fourth-order valence-electron chi connectivity index (χ4n) is 2.91. The van der Waals surface area contributed by atoms with Crippen molar-refractivity contribution in [2.24, 2.45) is 4.99 Å². The maximum absolute atomic E-state index is 11.1. The summed E-state index contributed by atoms with van der Waals surface area (Å²) < 4.78 is 24.6. The molecule has 0 spiro atoms. The summed E-state index contributed by atoms with van der Waals surface area (Å²) in [4.78, 5) is 6.93. The van der Waals surface area contributed by atoms with Crippen molar-refractivity contribution >= 4 is 21.7 Å². The lowest BCUT2D eigenvalue weighted by Crippen LogP contribution is -2.44. The van der Waals surface area contributed by atoms with Gasteiger partial charge in [-0.2, -0.15) is 0 Å². The minimum atomic E-state index is -3.12. The fourth-order valence-corrected chi connectivity index (χ4v) is 3.42. The SMILES string of the molecule is CCNC(=NCCCNS(C)(=O)=O)NC1CCN(c2ccc(C)cc2)C1. The van der Waals surface area contributed by atoms with Gasteiger partial charge >= 0.3 is 0 Å². The smallest absolute Gasteiger partial charge is 0.208 e. The highest BCUT2D eigenvalue weighted by molar-refractivity contribution is 7.88. The molecule has 3 N–H and O–H groups in total. The molecule has 146 valence electrons. The topological polar surface area (TPSA) is 85.8 Å². The Kier molecular flexibility index (Phi) is 7.71. The van der Waals surface area contributed by atoms with Crippen molar-refractivity contribution in [3.05, 3.63) is 29.8 Å². The van der Waals surface area contributed by atoms with E-state index in [1.807, 2.05) is 6.92 Å². The van der Waals surface area contributed by atoms with Crippen LogP contribution in [0.15, 0.2) is 29.3 Å². The number of guanidine groups is 1. The third-order valence-corrected chi connectivity index (χ3v) is 4.97. The summed E-state index contributed by atoms with van der Waals surface area (Å²) in [5, 5.41) is 6.75. The first-order valence-electron chi connectivity index (χ1n) is 9.18. The number of nitrogens with one attached hydrogen (secondary N) is 3. The van der Waals surface area contributed by atoms with Crippen molar-refractivity contribution in [3.8, 4) is 0 Å². The van der Waals surface area contributed by atoms with Crippen LogP contribution < -0.4 is 20.3 Å². The van der Waals surface area contributed by atoms with Gasteiger partial charge in [0.1, 0.15) is 0 Å². The highest BCUT2D eigenvalue weighted by Gasteiger charge is 2.23. The van der Waals surface area contributed by atoms with Gasteiger partial charge in [0.25, 0.3) is 0 Å². The number of rotatable bonds is 8. The molecule has 1 atom stereocenters. The third-order valence-electron chi connectivity index (χ3n) is 4.24. The van der Waals surface area contributed by atoms with E-state index in [0.29, 0.717) is 25.6 Å². The molecule has 1 aromatic rings. The average Bonchev–Trinajstić information content (AvgIpc) is 3.03. The first-order chi connectivity index (χ1) is 12.4. The number of sulfonamides is 1. The molecule has 8 heteroatoms. The number of nitrogens with zero attached hydrogens (tertiary/aromatic N) is 2. The summed E-state index contributed by atoms with van der Waals surface area (Å²) in [6, 6.07) is 8.99. The lowest BCUT2D eigenvalue weighted by Gasteiger charge is -2.20. The van der Waals surface area contributed by atoms with Gasteiger partial charge in [-0.05, 0) is 38.8 Å². The van der Waals surface area contributed by atoms with Crippen molar-refractivity contribution in [2.75, 3.05) is 43.9 Å². The van der Waals surface area contributed by atoms with Gasteiger partial charge in [0, 0.05) is 44.5 Å². The Morgan fingerprint density at radius 1 is 1.31 bits per heavy atom. The van der Waals surface area contributed by atoms with Gasteiger partial charge in [0.2, 0.25) is 10.0 Å². The van der Waals surface area contributed by atoms with Crippen LogP contribution in [0.1, 0.15) is 25.3 Å². The fraction of sp³-hybridized carbons (Fsp3) is 0.611. The molecule has 1 saturated heterocycles. The molecule has 0 bridgehead atoms. The second-order valence-electron chi connectivity index (χ2n) is 6.69. The van der Waals surface area contributed by atoms with Gasteiger partial charge in [-0.15, -0.1) is 0 Å². The molecule has 1 aliphatic rings. The van der Waals surface area contributed by atoms with Crippen molar-refractivity contribution in [3.63, 3.8) is 0 Å². The van der Waals surface area contributed by atoms with Crippen LogP contribution in [0.2, 0.25) is 0 Å². The van der Waals surface area contributed by atoms with Crippen LogP contribution in [-0.4, -0.2) is 59.4 Å². The zero-order valence-corrected chi connectivity index (χ0v) is 16.8. The summed E-state index contributed by atoms with van der Waals surface area (Å²) >= 11 is 0. The molecule has 0 radical (unpaired) electrons. The number of hydrogen-bond acceptors (Lipinski definition) is 4. The molecule has 7 nitrogen and oxygen atoms in total. The van der Waals surface area contributed by atoms with Gasteiger partial charge in [0.05, 0.1) is 6.26 Å². The van der Waals surface area contributed by atoms with E-state index in [-0.39, 0.29) is 0 Å². The van der Waals surface area contributed by atoms with Crippen LogP contribution in [0.5, 0.6) is 0 Å².